The van der Waals surface area contributed by atoms with Gasteiger partial charge in [-0.05, 0) is 6.92 Å². The van der Waals surface area contributed by atoms with E-state index in [0.29, 0.717) is 6.21 Å². The Bertz CT molecular complexity index is 1130. The van der Waals surface area contributed by atoms with Gasteiger partial charge < -0.3 is 25.7 Å². The summed E-state index contributed by atoms with van der Waals surface area (Å²) >= 11 is 0. The lowest BCUT2D eigenvalue weighted by atomic mass is 10.1. The van der Waals surface area contributed by atoms with Gasteiger partial charge in [-0.15, -0.1) is 0 Å². The van der Waals surface area contributed by atoms with Gasteiger partial charge in [-0.25, -0.2) is 0 Å². The maximum atomic E-state index is 13.3. The minimum Gasteiger partial charge on any atom is -0.379 e. The number of nitrogens with two attached hydrogens (primary N) is 1. The maximum Gasteiger partial charge on any atom is 0.435 e. The second kappa shape index (κ2) is 10.8. The number of halogens is 6. The molecule has 17 heteroatoms. The molecular weight excluding hydrogens is 514 g/mol. The van der Waals surface area contributed by atoms with Crippen LogP contribution in [0, 0.1) is 5.41 Å². The number of amides is 2. The number of hydrogen-bond acceptors (Lipinski definition) is 7. The zero-order valence-corrected chi connectivity index (χ0v) is 19.5. The molecule has 3 rings (SSSR count). The van der Waals surface area contributed by atoms with Crippen LogP contribution >= 0.6 is 0 Å². The van der Waals surface area contributed by atoms with E-state index in [0.717, 1.165) is 10.7 Å². The summed E-state index contributed by atoms with van der Waals surface area (Å²) in [5.41, 5.74) is 1.28. The van der Waals surface area contributed by atoms with Gasteiger partial charge in [0.15, 0.2) is 11.5 Å². The average Bonchev–Trinajstić information content (AvgIpc) is 3.47. The third-order valence-corrected chi connectivity index (χ3v) is 5.66. The summed E-state index contributed by atoms with van der Waals surface area (Å²) in [4.78, 5) is 27.2. The molecule has 1 fully saturated rings. The Balaban J connectivity index is 1.49. The fourth-order valence-electron chi connectivity index (χ4n) is 3.81. The molecule has 0 bridgehead atoms. The second-order valence-corrected chi connectivity index (χ2v) is 8.24. The zero-order chi connectivity index (χ0) is 27.5. The number of rotatable bonds is 9. The van der Waals surface area contributed by atoms with Gasteiger partial charge in [0.1, 0.15) is 5.69 Å². The number of carbonyl (C=O) groups is 2. The molecule has 2 aromatic rings. The number of alkyl halides is 6. The average molecular weight is 538 g/mol. The van der Waals surface area contributed by atoms with E-state index in [1.165, 1.54) is 11.8 Å². The van der Waals surface area contributed by atoms with Gasteiger partial charge in [0.25, 0.3) is 5.91 Å². The lowest BCUT2D eigenvalue weighted by molar-refractivity contribution is -0.142. The van der Waals surface area contributed by atoms with E-state index < -0.39 is 46.9 Å². The number of primary amides is 1. The second-order valence-electron chi connectivity index (χ2n) is 8.24. The van der Waals surface area contributed by atoms with Gasteiger partial charge in [0, 0.05) is 38.5 Å². The largest absolute Gasteiger partial charge is 0.435 e. The molecule has 204 valence electrons. The Kier molecular flexibility index (Phi) is 8.14. The van der Waals surface area contributed by atoms with Crippen molar-refractivity contribution in [2.45, 2.75) is 31.7 Å². The lowest BCUT2D eigenvalue weighted by Gasteiger charge is -2.34. The molecule has 0 aromatic carbocycles. The number of hydrogen-bond donors (Lipinski definition) is 3. The van der Waals surface area contributed by atoms with Crippen molar-refractivity contribution in [1.82, 2.24) is 24.9 Å². The Hall–Kier alpha value is -3.63. The van der Waals surface area contributed by atoms with Crippen molar-refractivity contribution < 1.29 is 40.7 Å². The van der Waals surface area contributed by atoms with Crippen LogP contribution in [0.4, 0.5) is 32.2 Å². The quantitative estimate of drug-likeness (QED) is 0.253. The highest BCUT2D eigenvalue weighted by Gasteiger charge is 2.41. The predicted molar refractivity (Wildman–Crippen MR) is 116 cm³/mol. The molecule has 37 heavy (non-hydrogen) atoms. The molecule has 1 aliphatic heterocycles. The van der Waals surface area contributed by atoms with Crippen LogP contribution in [0.15, 0.2) is 6.07 Å². The molecule has 4 N–H and O–H groups in total. The van der Waals surface area contributed by atoms with Crippen LogP contribution in [-0.2, 0) is 21.9 Å². The van der Waals surface area contributed by atoms with Crippen molar-refractivity contribution >= 4 is 23.8 Å². The number of nitrogens with one attached hydrogen (secondary N) is 2. The normalized spacial score (nSPS) is 15.6. The van der Waals surface area contributed by atoms with Crippen molar-refractivity contribution in [1.29, 1.82) is 5.41 Å². The van der Waals surface area contributed by atoms with Crippen LogP contribution < -0.4 is 10.6 Å². The van der Waals surface area contributed by atoms with Crippen LogP contribution in [-0.4, -0.2) is 82.3 Å². The molecular formula is C20H24F6N8O3. The number of carbonyl (C=O) groups excluding carboxylic acids is 2. The summed E-state index contributed by atoms with van der Waals surface area (Å²) in [5, 5.41) is 16.4. The number of aromatic nitrogens is 4. The molecule has 3 heterocycles. The Morgan fingerprint density at radius 3 is 2.35 bits per heavy atom. The number of aromatic amines is 1. The van der Waals surface area contributed by atoms with Gasteiger partial charge in [0.2, 0.25) is 5.91 Å². The van der Waals surface area contributed by atoms with Crippen molar-refractivity contribution in [3.8, 4) is 0 Å². The molecule has 1 aliphatic rings. The Morgan fingerprint density at radius 1 is 1.19 bits per heavy atom. The van der Waals surface area contributed by atoms with Crippen LogP contribution in [0.3, 0.4) is 0 Å². The maximum absolute atomic E-state index is 13.3. The van der Waals surface area contributed by atoms with E-state index in [-0.39, 0.29) is 57.5 Å². The summed E-state index contributed by atoms with van der Waals surface area (Å²) in [7, 11) is 0. The summed E-state index contributed by atoms with van der Waals surface area (Å²) in [6.07, 6.45) is -8.98. The standard InChI is InChI=1S/C20H24F6N8O3/c1-11(34-12(9-27)16(18(28)36)17(31-34)20(24,25)26)10-37-7-2-15(35)33-5-3-32(4-6-33)14-8-13(29-30-14)19(21,22)23/h8-9,11,27H,2-7,10H2,1H3,(H2,28,36)(H,29,30). The molecule has 0 spiro atoms. The van der Waals surface area contributed by atoms with Gasteiger partial charge in [-0.2, -0.15) is 36.5 Å². The number of ether oxygens (including phenoxy) is 1. The summed E-state index contributed by atoms with van der Waals surface area (Å²) in [5.74, 6) is -1.50. The van der Waals surface area contributed by atoms with Crippen molar-refractivity contribution in [3.63, 3.8) is 0 Å². The molecule has 11 nitrogen and oxygen atoms in total. The number of nitrogens with zero attached hydrogens (tertiary/aromatic N) is 5. The van der Waals surface area contributed by atoms with Crippen LogP contribution in [0.1, 0.15) is 46.8 Å². The lowest BCUT2D eigenvalue weighted by Crippen LogP contribution is -2.49. The monoisotopic (exact) mass is 538 g/mol. The van der Waals surface area contributed by atoms with E-state index in [1.807, 2.05) is 5.10 Å². The molecule has 0 saturated carbocycles. The molecule has 0 aliphatic carbocycles. The summed E-state index contributed by atoms with van der Waals surface area (Å²) in [6.45, 7) is 2.31. The molecule has 0 radical (unpaired) electrons. The smallest absolute Gasteiger partial charge is 0.379 e. The van der Waals surface area contributed by atoms with Gasteiger partial charge in [-0.3, -0.25) is 19.4 Å². The van der Waals surface area contributed by atoms with Crippen molar-refractivity contribution in [2.24, 2.45) is 5.73 Å². The molecule has 2 aromatic heterocycles. The van der Waals surface area contributed by atoms with Crippen LogP contribution in [0.25, 0.3) is 0 Å². The first-order chi connectivity index (χ1) is 17.2. The predicted octanol–water partition coefficient (Wildman–Crippen LogP) is 2.06. The molecule has 2 amide bonds. The van der Waals surface area contributed by atoms with Crippen molar-refractivity contribution in [3.05, 3.63) is 28.7 Å². The molecule has 1 saturated heterocycles. The van der Waals surface area contributed by atoms with Gasteiger partial charge in [0.05, 0.1) is 36.9 Å². The van der Waals surface area contributed by atoms with Crippen LogP contribution in [0.2, 0.25) is 0 Å². The molecule has 1 atom stereocenters. The zero-order valence-electron chi connectivity index (χ0n) is 19.5. The minimum atomic E-state index is -4.96. The first-order valence-corrected chi connectivity index (χ1v) is 11.0. The number of piperazine rings is 1. The highest BCUT2D eigenvalue weighted by molar-refractivity contribution is 6.01. The SMILES string of the molecule is CC(COCCC(=O)N1CCN(c2cc(C(F)(F)F)[nH]n2)CC1)n1nc(C(F)(F)F)c(C(N)=O)c1C=N. The first-order valence-electron chi connectivity index (χ1n) is 11.0. The number of anilines is 1. The molecule has 1 unspecified atom stereocenters. The van der Waals surface area contributed by atoms with Gasteiger partial charge >= 0.3 is 12.4 Å². The fraction of sp³-hybridized carbons (Fsp3) is 0.550. The van der Waals surface area contributed by atoms with E-state index >= 15 is 0 Å². The highest BCUT2D eigenvalue weighted by Crippen LogP contribution is 2.33. The fourth-order valence-corrected chi connectivity index (χ4v) is 3.81. The number of H-pyrrole nitrogens is 1. The van der Waals surface area contributed by atoms with E-state index in [2.05, 4.69) is 10.2 Å². The van der Waals surface area contributed by atoms with E-state index in [1.54, 1.807) is 4.90 Å². The summed E-state index contributed by atoms with van der Waals surface area (Å²) in [6, 6.07) is 0.0833. The minimum absolute atomic E-state index is 0.0375. The topological polar surface area (TPSA) is 146 Å². The van der Waals surface area contributed by atoms with E-state index in [4.69, 9.17) is 15.9 Å². The van der Waals surface area contributed by atoms with E-state index in [9.17, 15) is 35.9 Å². The van der Waals surface area contributed by atoms with Gasteiger partial charge in [-0.1, -0.05) is 0 Å². The third-order valence-electron chi connectivity index (χ3n) is 5.66. The van der Waals surface area contributed by atoms with Crippen LogP contribution in [0.5, 0.6) is 0 Å². The first kappa shape index (κ1) is 27.9. The Morgan fingerprint density at radius 2 is 1.84 bits per heavy atom. The highest BCUT2D eigenvalue weighted by atomic mass is 19.4. The Labute approximate surface area is 206 Å². The summed E-state index contributed by atoms with van der Waals surface area (Å²) < 4.78 is 84.2. The van der Waals surface area contributed by atoms with Crippen molar-refractivity contribution in [2.75, 3.05) is 44.3 Å². The third kappa shape index (κ3) is 6.39.